The van der Waals surface area contributed by atoms with Gasteiger partial charge in [-0.05, 0) is 43.0 Å². The first-order valence-corrected chi connectivity index (χ1v) is 6.48. The molecule has 0 atom stereocenters. The maximum atomic E-state index is 11.7. The number of carbonyl (C=O) groups excluding carboxylic acids is 1. The molecule has 0 radical (unpaired) electrons. The molecule has 0 unspecified atom stereocenters. The average molecular weight is 256 g/mol. The predicted molar refractivity (Wildman–Crippen MR) is 73.8 cm³/mol. The Morgan fingerprint density at radius 1 is 1.21 bits per heavy atom. The standard InChI is InChI=1S/C14H16N4O/c19-14(16-11-2-1-3-11)17-12-6-4-10(5-7-12)13-8-9-15-18-13/h4-9,11H,1-3H2,(H,15,18)(H2,16,17,19). The van der Waals surface area contributed by atoms with Crippen molar-refractivity contribution in [1.82, 2.24) is 15.5 Å². The van der Waals surface area contributed by atoms with Crippen LogP contribution in [0.5, 0.6) is 0 Å². The summed E-state index contributed by atoms with van der Waals surface area (Å²) in [6.45, 7) is 0. The summed E-state index contributed by atoms with van der Waals surface area (Å²) in [6.07, 6.45) is 5.11. The Bertz CT molecular complexity index is 543. The first-order chi connectivity index (χ1) is 9.31. The van der Waals surface area contributed by atoms with Gasteiger partial charge in [-0.3, -0.25) is 5.10 Å². The highest BCUT2D eigenvalue weighted by molar-refractivity contribution is 5.89. The molecule has 0 aliphatic heterocycles. The second-order valence-corrected chi connectivity index (χ2v) is 4.77. The van der Waals surface area contributed by atoms with E-state index in [1.165, 1.54) is 6.42 Å². The zero-order chi connectivity index (χ0) is 13.1. The van der Waals surface area contributed by atoms with Gasteiger partial charge in [0.15, 0.2) is 0 Å². The van der Waals surface area contributed by atoms with Crippen molar-refractivity contribution in [2.75, 3.05) is 5.32 Å². The summed E-state index contributed by atoms with van der Waals surface area (Å²) >= 11 is 0. The van der Waals surface area contributed by atoms with Gasteiger partial charge in [-0.15, -0.1) is 0 Å². The number of anilines is 1. The van der Waals surface area contributed by atoms with Gasteiger partial charge in [0.05, 0.1) is 5.69 Å². The molecule has 3 N–H and O–H groups in total. The van der Waals surface area contributed by atoms with Crippen LogP contribution in [0.25, 0.3) is 11.3 Å². The Balaban J connectivity index is 1.61. The second-order valence-electron chi connectivity index (χ2n) is 4.77. The molecular weight excluding hydrogens is 240 g/mol. The molecule has 1 aromatic carbocycles. The molecule has 5 nitrogen and oxygen atoms in total. The summed E-state index contributed by atoms with van der Waals surface area (Å²) in [7, 11) is 0. The number of H-pyrrole nitrogens is 1. The van der Waals surface area contributed by atoms with Crippen LogP contribution in [-0.4, -0.2) is 22.3 Å². The smallest absolute Gasteiger partial charge is 0.319 e. The van der Waals surface area contributed by atoms with Crippen molar-refractivity contribution in [3.8, 4) is 11.3 Å². The molecule has 1 aromatic heterocycles. The quantitative estimate of drug-likeness (QED) is 0.790. The number of carbonyl (C=O) groups is 1. The monoisotopic (exact) mass is 256 g/mol. The van der Waals surface area contributed by atoms with Gasteiger partial charge in [0.2, 0.25) is 0 Å². The van der Waals surface area contributed by atoms with Gasteiger partial charge in [0.1, 0.15) is 0 Å². The Kier molecular flexibility index (Phi) is 3.18. The van der Waals surface area contributed by atoms with E-state index in [4.69, 9.17) is 0 Å². The number of amides is 2. The fraction of sp³-hybridized carbons (Fsp3) is 0.286. The third-order valence-electron chi connectivity index (χ3n) is 3.39. The lowest BCUT2D eigenvalue weighted by molar-refractivity contribution is 0.240. The number of aromatic nitrogens is 2. The third-order valence-corrected chi connectivity index (χ3v) is 3.39. The van der Waals surface area contributed by atoms with Crippen LogP contribution in [0.3, 0.4) is 0 Å². The average Bonchev–Trinajstić information content (AvgIpc) is 2.89. The highest BCUT2D eigenvalue weighted by atomic mass is 16.2. The number of benzene rings is 1. The fourth-order valence-corrected chi connectivity index (χ4v) is 2.05. The molecule has 2 aromatic rings. The van der Waals surface area contributed by atoms with E-state index in [0.29, 0.717) is 6.04 Å². The van der Waals surface area contributed by atoms with Crippen LogP contribution in [0.2, 0.25) is 0 Å². The van der Waals surface area contributed by atoms with Gasteiger partial charge in [0, 0.05) is 17.9 Å². The maximum Gasteiger partial charge on any atom is 0.319 e. The van der Waals surface area contributed by atoms with Crippen molar-refractivity contribution >= 4 is 11.7 Å². The first kappa shape index (κ1) is 11.8. The van der Waals surface area contributed by atoms with Gasteiger partial charge in [-0.2, -0.15) is 5.10 Å². The van der Waals surface area contributed by atoms with Gasteiger partial charge < -0.3 is 10.6 Å². The van der Waals surface area contributed by atoms with Crippen molar-refractivity contribution in [2.45, 2.75) is 25.3 Å². The van der Waals surface area contributed by atoms with Crippen LogP contribution in [-0.2, 0) is 0 Å². The third kappa shape index (κ3) is 2.76. The molecule has 19 heavy (non-hydrogen) atoms. The van der Waals surface area contributed by atoms with Crippen LogP contribution < -0.4 is 10.6 Å². The summed E-state index contributed by atoms with van der Waals surface area (Å²) in [5, 5.41) is 12.6. The molecule has 0 spiro atoms. The highest BCUT2D eigenvalue weighted by Crippen LogP contribution is 2.20. The van der Waals surface area contributed by atoms with E-state index >= 15 is 0 Å². The van der Waals surface area contributed by atoms with Gasteiger partial charge in [0.25, 0.3) is 0 Å². The van der Waals surface area contributed by atoms with E-state index in [2.05, 4.69) is 20.8 Å². The van der Waals surface area contributed by atoms with Crippen LogP contribution in [0, 0.1) is 0 Å². The lowest BCUT2D eigenvalue weighted by Gasteiger charge is -2.26. The van der Waals surface area contributed by atoms with E-state index in [0.717, 1.165) is 29.8 Å². The minimum Gasteiger partial charge on any atom is -0.335 e. The molecule has 5 heteroatoms. The normalized spacial score (nSPS) is 14.7. The SMILES string of the molecule is O=C(Nc1ccc(-c2ccn[nH]2)cc1)NC1CCC1. The lowest BCUT2D eigenvalue weighted by Crippen LogP contribution is -2.41. The number of aromatic amines is 1. The Labute approximate surface area is 111 Å². The number of hydrogen-bond acceptors (Lipinski definition) is 2. The number of nitrogens with one attached hydrogen (secondary N) is 3. The number of nitrogens with zero attached hydrogens (tertiary/aromatic N) is 1. The number of urea groups is 1. The maximum absolute atomic E-state index is 11.7. The summed E-state index contributed by atoms with van der Waals surface area (Å²) in [6, 6.07) is 9.81. The number of rotatable bonds is 3. The molecule has 1 fully saturated rings. The molecule has 1 aliphatic carbocycles. The second kappa shape index (κ2) is 5.14. The topological polar surface area (TPSA) is 69.8 Å². The van der Waals surface area contributed by atoms with E-state index in [1.54, 1.807) is 6.20 Å². The predicted octanol–water partition coefficient (Wildman–Crippen LogP) is 2.75. The zero-order valence-corrected chi connectivity index (χ0v) is 10.5. The van der Waals surface area contributed by atoms with Gasteiger partial charge in [-0.1, -0.05) is 12.1 Å². The van der Waals surface area contributed by atoms with Gasteiger partial charge in [-0.25, -0.2) is 4.79 Å². The molecule has 2 amide bonds. The van der Waals surface area contributed by atoms with Crippen molar-refractivity contribution in [1.29, 1.82) is 0 Å². The molecule has 3 rings (SSSR count). The Hall–Kier alpha value is -2.30. The van der Waals surface area contributed by atoms with E-state index < -0.39 is 0 Å². The number of hydrogen-bond donors (Lipinski definition) is 3. The van der Waals surface area contributed by atoms with E-state index in [1.807, 2.05) is 30.3 Å². The van der Waals surface area contributed by atoms with Crippen LogP contribution >= 0.6 is 0 Å². The Morgan fingerprint density at radius 3 is 2.58 bits per heavy atom. The van der Waals surface area contributed by atoms with E-state index in [-0.39, 0.29) is 6.03 Å². The minimum atomic E-state index is -0.126. The summed E-state index contributed by atoms with van der Waals surface area (Å²) in [4.78, 5) is 11.7. The van der Waals surface area contributed by atoms with E-state index in [9.17, 15) is 4.79 Å². The molecule has 98 valence electrons. The molecule has 0 saturated heterocycles. The fourth-order valence-electron chi connectivity index (χ4n) is 2.05. The van der Waals surface area contributed by atoms with Crippen molar-refractivity contribution in [3.05, 3.63) is 36.5 Å². The molecular formula is C14H16N4O. The summed E-state index contributed by atoms with van der Waals surface area (Å²) in [5.41, 5.74) is 2.80. The van der Waals surface area contributed by atoms with Crippen molar-refractivity contribution in [2.24, 2.45) is 0 Å². The first-order valence-electron chi connectivity index (χ1n) is 6.48. The highest BCUT2D eigenvalue weighted by Gasteiger charge is 2.19. The van der Waals surface area contributed by atoms with Crippen molar-refractivity contribution in [3.63, 3.8) is 0 Å². The zero-order valence-electron chi connectivity index (χ0n) is 10.5. The Morgan fingerprint density at radius 2 is 2.00 bits per heavy atom. The summed E-state index contributed by atoms with van der Waals surface area (Å²) < 4.78 is 0. The largest absolute Gasteiger partial charge is 0.335 e. The summed E-state index contributed by atoms with van der Waals surface area (Å²) in [5.74, 6) is 0. The molecule has 1 heterocycles. The van der Waals surface area contributed by atoms with Gasteiger partial charge >= 0.3 is 6.03 Å². The van der Waals surface area contributed by atoms with Crippen LogP contribution in [0.15, 0.2) is 36.5 Å². The lowest BCUT2D eigenvalue weighted by atomic mass is 9.93. The molecule has 0 bridgehead atoms. The molecule has 1 saturated carbocycles. The minimum absolute atomic E-state index is 0.126. The van der Waals surface area contributed by atoms with Crippen molar-refractivity contribution < 1.29 is 4.79 Å². The molecule has 1 aliphatic rings. The van der Waals surface area contributed by atoms with Crippen LogP contribution in [0.4, 0.5) is 10.5 Å². The van der Waals surface area contributed by atoms with Crippen LogP contribution in [0.1, 0.15) is 19.3 Å².